The fourth-order valence-corrected chi connectivity index (χ4v) is 0.865. The van der Waals surface area contributed by atoms with Crippen LogP contribution in [0.4, 0.5) is 4.79 Å². The number of alkyl carbamates (subject to hydrolysis) is 1. The zero-order valence-electron chi connectivity index (χ0n) is 8.91. The summed E-state index contributed by atoms with van der Waals surface area (Å²) >= 11 is 0. The molecule has 0 aliphatic rings. The molecule has 4 heteroatoms. The Morgan fingerprint density at radius 1 is 1.57 bits per heavy atom. The van der Waals surface area contributed by atoms with Crippen molar-refractivity contribution in [1.82, 2.24) is 5.32 Å². The van der Waals surface area contributed by atoms with Gasteiger partial charge in [-0.05, 0) is 12.3 Å². The first-order valence-corrected chi connectivity index (χ1v) is 5.05. The molecule has 4 nitrogen and oxygen atoms in total. The molecule has 82 valence electrons. The molecule has 0 aromatic heterocycles. The number of aldehydes is 1. The molecule has 0 rings (SSSR count). The normalized spacial score (nSPS) is 11.9. The number of carbonyl (C=O) groups excluding carboxylic acids is 2. The second-order valence-corrected chi connectivity index (χ2v) is 3.38. The average molecular weight is 201 g/mol. The van der Waals surface area contributed by atoms with E-state index in [-0.39, 0.29) is 5.92 Å². The van der Waals surface area contributed by atoms with E-state index in [1.165, 1.54) is 0 Å². The molecule has 1 N–H and O–H groups in total. The summed E-state index contributed by atoms with van der Waals surface area (Å²) < 4.78 is 4.87. The van der Waals surface area contributed by atoms with E-state index in [1.807, 2.05) is 13.8 Å². The van der Waals surface area contributed by atoms with Gasteiger partial charge in [0.15, 0.2) is 0 Å². The number of amides is 1. The maximum Gasteiger partial charge on any atom is 0.407 e. The van der Waals surface area contributed by atoms with Gasteiger partial charge in [-0.3, -0.25) is 0 Å². The van der Waals surface area contributed by atoms with Crippen LogP contribution in [0.15, 0.2) is 0 Å². The number of carbonyl (C=O) groups is 2. The zero-order chi connectivity index (χ0) is 10.8. The fourth-order valence-electron chi connectivity index (χ4n) is 0.865. The van der Waals surface area contributed by atoms with E-state index in [0.717, 1.165) is 19.1 Å². The molecule has 1 atom stereocenters. The first-order chi connectivity index (χ1) is 6.70. The summed E-state index contributed by atoms with van der Waals surface area (Å²) in [5, 5.41) is 2.61. The molecule has 0 aliphatic carbocycles. The van der Waals surface area contributed by atoms with Crippen LogP contribution < -0.4 is 5.32 Å². The molecule has 1 unspecified atom stereocenters. The maximum absolute atomic E-state index is 11.0. The van der Waals surface area contributed by atoms with E-state index in [9.17, 15) is 9.59 Å². The van der Waals surface area contributed by atoms with Gasteiger partial charge in [-0.2, -0.15) is 0 Å². The summed E-state index contributed by atoms with van der Waals surface area (Å²) in [5.41, 5.74) is 0. The van der Waals surface area contributed by atoms with Gasteiger partial charge < -0.3 is 14.8 Å². The van der Waals surface area contributed by atoms with Crippen molar-refractivity contribution in [2.24, 2.45) is 5.92 Å². The van der Waals surface area contributed by atoms with Gasteiger partial charge in [-0.15, -0.1) is 0 Å². The standard InChI is InChI=1S/C10H19NO3/c1-3-4-7-14-10(13)11-8-9(2)5-6-12/h6,9H,3-5,7-8H2,1-2H3,(H,11,13). The van der Waals surface area contributed by atoms with E-state index in [4.69, 9.17) is 4.74 Å². The summed E-state index contributed by atoms with van der Waals surface area (Å²) in [6.45, 7) is 4.89. The highest BCUT2D eigenvalue weighted by atomic mass is 16.5. The van der Waals surface area contributed by atoms with Gasteiger partial charge in [0.1, 0.15) is 6.29 Å². The number of hydrogen-bond donors (Lipinski definition) is 1. The van der Waals surface area contributed by atoms with Crippen molar-refractivity contribution in [1.29, 1.82) is 0 Å². The van der Waals surface area contributed by atoms with Crippen molar-refractivity contribution in [2.45, 2.75) is 33.1 Å². The Labute approximate surface area is 85.0 Å². The molecule has 0 fully saturated rings. The third kappa shape index (κ3) is 7.58. The summed E-state index contributed by atoms with van der Waals surface area (Å²) in [6, 6.07) is 0. The van der Waals surface area contributed by atoms with Crippen LogP contribution in [0.1, 0.15) is 33.1 Å². The Bertz CT molecular complexity index is 171. The summed E-state index contributed by atoms with van der Waals surface area (Å²) in [7, 11) is 0. The fraction of sp³-hybridized carbons (Fsp3) is 0.800. The van der Waals surface area contributed by atoms with Gasteiger partial charge in [-0.1, -0.05) is 20.3 Å². The van der Waals surface area contributed by atoms with Crippen LogP contribution in [0.5, 0.6) is 0 Å². The monoisotopic (exact) mass is 201 g/mol. The number of ether oxygens (including phenoxy) is 1. The van der Waals surface area contributed by atoms with Crippen LogP contribution >= 0.6 is 0 Å². The molecule has 0 saturated carbocycles. The molecule has 0 radical (unpaired) electrons. The summed E-state index contributed by atoms with van der Waals surface area (Å²) in [6.07, 6.45) is 2.83. The van der Waals surface area contributed by atoms with Crippen LogP contribution in [0.25, 0.3) is 0 Å². The first-order valence-electron chi connectivity index (χ1n) is 5.05. The minimum atomic E-state index is -0.392. The van der Waals surface area contributed by atoms with Crippen LogP contribution in [0.2, 0.25) is 0 Å². The van der Waals surface area contributed by atoms with Crippen LogP contribution in [0, 0.1) is 5.92 Å². The Morgan fingerprint density at radius 2 is 2.29 bits per heavy atom. The highest BCUT2D eigenvalue weighted by Gasteiger charge is 2.04. The molecular weight excluding hydrogens is 182 g/mol. The molecule has 0 aromatic carbocycles. The SMILES string of the molecule is CCCCOC(=O)NCC(C)CC=O. The van der Waals surface area contributed by atoms with Crippen molar-refractivity contribution in [3.05, 3.63) is 0 Å². The lowest BCUT2D eigenvalue weighted by Crippen LogP contribution is -2.29. The van der Waals surface area contributed by atoms with Crippen molar-refractivity contribution >= 4 is 12.4 Å². The predicted molar refractivity (Wildman–Crippen MR) is 54.1 cm³/mol. The van der Waals surface area contributed by atoms with E-state index in [0.29, 0.717) is 19.6 Å². The lowest BCUT2D eigenvalue weighted by molar-refractivity contribution is -0.108. The average Bonchev–Trinajstić information content (AvgIpc) is 2.16. The summed E-state index contributed by atoms with van der Waals surface area (Å²) in [5.74, 6) is 0.172. The third-order valence-electron chi connectivity index (χ3n) is 1.82. The van der Waals surface area contributed by atoms with Crippen LogP contribution in [0.3, 0.4) is 0 Å². The van der Waals surface area contributed by atoms with Gasteiger partial charge >= 0.3 is 6.09 Å². The van der Waals surface area contributed by atoms with Gasteiger partial charge in [-0.25, -0.2) is 4.79 Å². The maximum atomic E-state index is 11.0. The van der Waals surface area contributed by atoms with E-state index < -0.39 is 6.09 Å². The van der Waals surface area contributed by atoms with Crippen molar-refractivity contribution < 1.29 is 14.3 Å². The Morgan fingerprint density at radius 3 is 2.86 bits per heavy atom. The van der Waals surface area contributed by atoms with Crippen molar-refractivity contribution in [3.8, 4) is 0 Å². The molecule has 14 heavy (non-hydrogen) atoms. The van der Waals surface area contributed by atoms with E-state index in [1.54, 1.807) is 0 Å². The zero-order valence-corrected chi connectivity index (χ0v) is 8.91. The minimum Gasteiger partial charge on any atom is -0.450 e. The predicted octanol–water partition coefficient (Wildman–Crippen LogP) is 1.74. The second kappa shape index (κ2) is 8.53. The highest BCUT2D eigenvalue weighted by molar-refractivity contribution is 5.67. The van der Waals surface area contributed by atoms with E-state index in [2.05, 4.69) is 5.32 Å². The molecule has 0 aromatic rings. The molecule has 1 amide bonds. The lowest BCUT2D eigenvalue weighted by atomic mass is 10.1. The smallest absolute Gasteiger partial charge is 0.407 e. The largest absolute Gasteiger partial charge is 0.450 e. The van der Waals surface area contributed by atoms with Crippen LogP contribution in [-0.2, 0) is 9.53 Å². The van der Waals surface area contributed by atoms with Gasteiger partial charge in [0.25, 0.3) is 0 Å². The van der Waals surface area contributed by atoms with Gasteiger partial charge in [0.05, 0.1) is 6.61 Å². The quantitative estimate of drug-likeness (QED) is 0.504. The third-order valence-corrected chi connectivity index (χ3v) is 1.82. The van der Waals surface area contributed by atoms with Crippen molar-refractivity contribution in [2.75, 3.05) is 13.2 Å². The molecule has 0 bridgehead atoms. The van der Waals surface area contributed by atoms with Crippen LogP contribution in [-0.4, -0.2) is 25.5 Å². The first kappa shape index (κ1) is 12.9. The van der Waals surface area contributed by atoms with Gasteiger partial charge in [0, 0.05) is 13.0 Å². The molecule has 0 aliphatic heterocycles. The lowest BCUT2D eigenvalue weighted by Gasteiger charge is -2.09. The topological polar surface area (TPSA) is 55.4 Å². The highest BCUT2D eigenvalue weighted by Crippen LogP contribution is 1.96. The van der Waals surface area contributed by atoms with Gasteiger partial charge in [0.2, 0.25) is 0 Å². The number of rotatable bonds is 7. The Balaban J connectivity index is 3.38. The second-order valence-electron chi connectivity index (χ2n) is 3.38. The number of nitrogens with one attached hydrogen (secondary N) is 1. The number of unbranched alkanes of at least 4 members (excludes halogenated alkanes) is 1. The minimum absolute atomic E-state index is 0.172. The molecule has 0 spiro atoms. The molecule has 0 heterocycles. The Hall–Kier alpha value is -1.06. The number of hydrogen-bond acceptors (Lipinski definition) is 3. The summed E-state index contributed by atoms with van der Waals surface area (Å²) in [4.78, 5) is 21.1. The molecule has 0 saturated heterocycles. The Kier molecular flexibility index (Phi) is 7.89. The van der Waals surface area contributed by atoms with E-state index >= 15 is 0 Å². The molecular formula is C10H19NO3. The van der Waals surface area contributed by atoms with Crippen molar-refractivity contribution in [3.63, 3.8) is 0 Å².